The highest BCUT2D eigenvalue weighted by Crippen LogP contribution is 2.22. The Morgan fingerprint density at radius 2 is 1.94 bits per heavy atom. The van der Waals surface area contributed by atoms with E-state index < -0.39 is 0 Å². The number of halogens is 1. The van der Waals surface area contributed by atoms with Gasteiger partial charge in [-0.15, -0.1) is 0 Å². The molecule has 0 atom stereocenters. The molecule has 4 heteroatoms. The molecule has 0 amide bonds. The lowest BCUT2D eigenvalue weighted by Gasteiger charge is -2.05. The van der Waals surface area contributed by atoms with Crippen molar-refractivity contribution in [1.82, 2.24) is 9.97 Å². The van der Waals surface area contributed by atoms with Gasteiger partial charge >= 0.3 is 0 Å². The molecular formula is C12H11ClN2O. The largest absolute Gasteiger partial charge is 0.439 e. The van der Waals surface area contributed by atoms with Crippen LogP contribution in [0.5, 0.6) is 11.6 Å². The van der Waals surface area contributed by atoms with Gasteiger partial charge in [-0.1, -0.05) is 23.7 Å². The van der Waals surface area contributed by atoms with E-state index in [9.17, 15) is 0 Å². The van der Waals surface area contributed by atoms with Crippen LogP contribution in [0.3, 0.4) is 0 Å². The van der Waals surface area contributed by atoms with Crippen molar-refractivity contribution in [3.63, 3.8) is 0 Å². The van der Waals surface area contributed by atoms with Crippen molar-refractivity contribution in [2.75, 3.05) is 0 Å². The lowest BCUT2D eigenvalue weighted by Crippen LogP contribution is -1.93. The van der Waals surface area contributed by atoms with Crippen molar-refractivity contribution >= 4 is 11.6 Å². The van der Waals surface area contributed by atoms with Crippen LogP contribution in [-0.4, -0.2) is 9.97 Å². The molecule has 0 aliphatic heterocycles. The molecule has 0 N–H and O–H groups in total. The first-order valence-electron chi connectivity index (χ1n) is 4.89. The zero-order chi connectivity index (χ0) is 11.5. The number of hydrogen-bond acceptors (Lipinski definition) is 3. The standard InChI is InChI=1S/C12H11ClN2O/c1-8-4-3-5-10(6-8)16-12-7-11(13)14-9(2)15-12/h3-7H,1-2H3. The van der Waals surface area contributed by atoms with Crippen LogP contribution < -0.4 is 4.74 Å². The predicted octanol–water partition coefficient (Wildman–Crippen LogP) is 3.54. The molecule has 0 saturated carbocycles. The van der Waals surface area contributed by atoms with E-state index >= 15 is 0 Å². The van der Waals surface area contributed by atoms with Gasteiger partial charge in [0.05, 0.1) is 0 Å². The third kappa shape index (κ3) is 2.70. The van der Waals surface area contributed by atoms with Gasteiger partial charge in [-0.3, -0.25) is 0 Å². The first-order chi connectivity index (χ1) is 7.63. The van der Waals surface area contributed by atoms with Crippen LogP contribution in [0.2, 0.25) is 5.15 Å². The van der Waals surface area contributed by atoms with E-state index in [1.165, 1.54) is 0 Å². The maximum absolute atomic E-state index is 5.82. The normalized spacial score (nSPS) is 10.2. The highest BCUT2D eigenvalue weighted by Gasteiger charge is 2.02. The van der Waals surface area contributed by atoms with Crippen LogP contribution in [0.15, 0.2) is 30.3 Å². The molecule has 0 unspecified atom stereocenters. The van der Waals surface area contributed by atoms with Crippen LogP contribution in [0.1, 0.15) is 11.4 Å². The summed E-state index contributed by atoms with van der Waals surface area (Å²) in [7, 11) is 0. The summed E-state index contributed by atoms with van der Waals surface area (Å²) in [6.07, 6.45) is 0. The van der Waals surface area contributed by atoms with E-state index in [2.05, 4.69) is 9.97 Å². The van der Waals surface area contributed by atoms with Crippen LogP contribution in [0.4, 0.5) is 0 Å². The van der Waals surface area contributed by atoms with Crippen LogP contribution in [-0.2, 0) is 0 Å². The monoisotopic (exact) mass is 234 g/mol. The van der Waals surface area contributed by atoms with Crippen molar-refractivity contribution < 1.29 is 4.74 Å². The quantitative estimate of drug-likeness (QED) is 0.746. The summed E-state index contributed by atoms with van der Waals surface area (Å²) in [5.41, 5.74) is 1.13. The van der Waals surface area contributed by atoms with Crippen molar-refractivity contribution in [3.05, 3.63) is 46.9 Å². The average molecular weight is 235 g/mol. The van der Waals surface area contributed by atoms with Gasteiger partial charge in [0.1, 0.15) is 16.7 Å². The minimum absolute atomic E-state index is 0.384. The van der Waals surface area contributed by atoms with Crippen LogP contribution in [0.25, 0.3) is 0 Å². The zero-order valence-electron chi connectivity index (χ0n) is 9.07. The highest BCUT2D eigenvalue weighted by molar-refractivity contribution is 6.29. The molecule has 0 fully saturated rings. The minimum atomic E-state index is 0.384. The van der Waals surface area contributed by atoms with E-state index in [4.69, 9.17) is 16.3 Å². The average Bonchev–Trinajstić information content (AvgIpc) is 2.15. The molecule has 1 aromatic heterocycles. The van der Waals surface area contributed by atoms with Gasteiger partial charge in [0.25, 0.3) is 0 Å². The second-order valence-corrected chi connectivity index (χ2v) is 3.88. The number of benzene rings is 1. The van der Waals surface area contributed by atoms with Gasteiger partial charge in [0, 0.05) is 6.07 Å². The summed E-state index contributed by atoms with van der Waals surface area (Å²) < 4.78 is 5.59. The lowest BCUT2D eigenvalue weighted by molar-refractivity contribution is 0.459. The molecule has 0 bridgehead atoms. The first-order valence-corrected chi connectivity index (χ1v) is 5.27. The van der Waals surface area contributed by atoms with E-state index in [-0.39, 0.29) is 0 Å². The summed E-state index contributed by atoms with van der Waals surface area (Å²) in [4.78, 5) is 8.11. The van der Waals surface area contributed by atoms with E-state index in [1.54, 1.807) is 13.0 Å². The second kappa shape index (κ2) is 4.49. The van der Waals surface area contributed by atoms with Crippen molar-refractivity contribution in [2.24, 2.45) is 0 Å². The van der Waals surface area contributed by atoms with Crippen LogP contribution >= 0.6 is 11.6 Å². The van der Waals surface area contributed by atoms with Crippen molar-refractivity contribution in [1.29, 1.82) is 0 Å². The Hall–Kier alpha value is -1.61. The van der Waals surface area contributed by atoms with Gasteiger partial charge < -0.3 is 4.74 Å². The number of nitrogens with zero attached hydrogens (tertiary/aromatic N) is 2. The number of aromatic nitrogens is 2. The molecule has 1 aromatic carbocycles. The Labute approximate surface area is 99.1 Å². The predicted molar refractivity (Wildman–Crippen MR) is 63.0 cm³/mol. The Morgan fingerprint density at radius 1 is 1.12 bits per heavy atom. The Bertz CT molecular complexity index is 494. The molecular weight excluding hydrogens is 224 g/mol. The number of aryl methyl sites for hydroxylation is 2. The fraction of sp³-hybridized carbons (Fsp3) is 0.167. The third-order valence-electron chi connectivity index (χ3n) is 2.00. The fourth-order valence-corrected chi connectivity index (χ4v) is 1.57. The second-order valence-electron chi connectivity index (χ2n) is 3.49. The van der Waals surface area contributed by atoms with E-state index in [0.29, 0.717) is 16.9 Å². The van der Waals surface area contributed by atoms with Gasteiger partial charge in [0.2, 0.25) is 5.88 Å². The number of ether oxygens (including phenoxy) is 1. The molecule has 2 rings (SSSR count). The smallest absolute Gasteiger partial charge is 0.224 e. The van der Waals surface area contributed by atoms with Gasteiger partial charge in [-0.05, 0) is 31.5 Å². The molecule has 0 aliphatic carbocycles. The van der Waals surface area contributed by atoms with Gasteiger partial charge in [-0.2, -0.15) is 4.98 Å². The Kier molecular flexibility index (Phi) is 3.06. The van der Waals surface area contributed by atoms with Gasteiger partial charge in [0.15, 0.2) is 0 Å². The maximum atomic E-state index is 5.82. The zero-order valence-corrected chi connectivity index (χ0v) is 9.82. The lowest BCUT2D eigenvalue weighted by atomic mass is 10.2. The summed E-state index contributed by atoms with van der Waals surface area (Å²) in [6, 6.07) is 9.34. The first kappa shape index (κ1) is 10.9. The van der Waals surface area contributed by atoms with E-state index in [1.807, 2.05) is 31.2 Å². The molecule has 0 spiro atoms. The van der Waals surface area contributed by atoms with Crippen molar-refractivity contribution in [3.8, 4) is 11.6 Å². The molecule has 16 heavy (non-hydrogen) atoms. The van der Waals surface area contributed by atoms with Crippen LogP contribution in [0, 0.1) is 13.8 Å². The van der Waals surface area contributed by atoms with E-state index in [0.717, 1.165) is 11.3 Å². The summed E-state index contributed by atoms with van der Waals surface area (Å²) in [5.74, 6) is 1.80. The topological polar surface area (TPSA) is 35.0 Å². The SMILES string of the molecule is Cc1cccc(Oc2cc(Cl)nc(C)n2)c1. The van der Waals surface area contributed by atoms with Crippen molar-refractivity contribution in [2.45, 2.75) is 13.8 Å². The summed E-state index contributed by atoms with van der Waals surface area (Å²) >= 11 is 5.82. The number of hydrogen-bond donors (Lipinski definition) is 0. The minimum Gasteiger partial charge on any atom is -0.439 e. The molecule has 0 radical (unpaired) electrons. The number of rotatable bonds is 2. The summed E-state index contributed by atoms with van der Waals surface area (Å²) in [5, 5.41) is 0.384. The third-order valence-corrected chi connectivity index (χ3v) is 2.19. The molecule has 1 heterocycles. The Balaban J connectivity index is 2.27. The molecule has 0 aliphatic rings. The molecule has 2 aromatic rings. The highest BCUT2D eigenvalue weighted by atomic mass is 35.5. The summed E-state index contributed by atoms with van der Waals surface area (Å²) in [6.45, 7) is 3.78. The molecule has 82 valence electrons. The maximum Gasteiger partial charge on any atom is 0.224 e. The molecule has 0 saturated heterocycles. The fourth-order valence-electron chi connectivity index (χ4n) is 1.36. The van der Waals surface area contributed by atoms with Gasteiger partial charge in [-0.25, -0.2) is 4.98 Å². The Morgan fingerprint density at radius 3 is 2.62 bits per heavy atom. The molecule has 3 nitrogen and oxygen atoms in total.